The van der Waals surface area contributed by atoms with E-state index < -0.39 is 14.6 Å². The van der Waals surface area contributed by atoms with Crippen molar-refractivity contribution in [3.05, 3.63) is 54.5 Å². The van der Waals surface area contributed by atoms with Crippen molar-refractivity contribution >= 4 is 8.32 Å². The lowest BCUT2D eigenvalue weighted by Gasteiger charge is -2.37. The summed E-state index contributed by atoms with van der Waals surface area (Å²) in [5.41, 5.74) is 2.11. The van der Waals surface area contributed by atoms with Crippen LogP contribution in [-0.2, 0) is 15.9 Å². The molecule has 2 rings (SSSR count). The van der Waals surface area contributed by atoms with Crippen molar-refractivity contribution in [3.63, 3.8) is 0 Å². The molecule has 0 aliphatic carbocycles. The van der Waals surface area contributed by atoms with Crippen molar-refractivity contribution in [2.75, 3.05) is 0 Å². The zero-order valence-corrected chi connectivity index (χ0v) is 15.2. The molecule has 4 heteroatoms. The van der Waals surface area contributed by atoms with Crippen LogP contribution >= 0.6 is 0 Å². The summed E-state index contributed by atoms with van der Waals surface area (Å²) in [6, 6.07) is 6.18. The Morgan fingerprint density at radius 3 is 2.41 bits per heavy atom. The summed E-state index contributed by atoms with van der Waals surface area (Å²) in [6.45, 7) is 15.0. The molecule has 3 nitrogen and oxygen atoms in total. The van der Waals surface area contributed by atoms with Crippen LogP contribution < -0.4 is 4.43 Å². The lowest BCUT2D eigenvalue weighted by Crippen LogP contribution is -2.44. The maximum absolute atomic E-state index is 6.51. The summed E-state index contributed by atoms with van der Waals surface area (Å²) in [6.07, 6.45) is 5.43. The van der Waals surface area contributed by atoms with E-state index in [1.54, 1.807) is 12.5 Å². The van der Waals surface area contributed by atoms with Gasteiger partial charge in [-0.05, 0) is 42.2 Å². The van der Waals surface area contributed by atoms with E-state index in [0.717, 1.165) is 17.7 Å². The van der Waals surface area contributed by atoms with Crippen molar-refractivity contribution in [1.82, 2.24) is 0 Å². The maximum Gasteiger partial charge on any atom is 0.269 e. The Morgan fingerprint density at radius 2 is 1.86 bits per heavy atom. The molecule has 0 saturated heterocycles. The fraction of sp³-hybridized carbons (Fsp3) is 0.444. The zero-order chi connectivity index (χ0) is 16.4. The van der Waals surface area contributed by atoms with Crippen LogP contribution in [0.2, 0.25) is 18.1 Å². The summed E-state index contributed by atoms with van der Waals surface area (Å²) in [5.74, 6) is 0.861. The molecule has 1 aliphatic heterocycles. The van der Waals surface area contributed by atoms with E-state index in [0.29, 0.717) is 0 Å². The molecule has 0 saturated carbocycles. The van der Waals surface area contributed by atoms with E-state index in [-0.39, 0.29) is 5.04 Å². The molecule has 1 aromatic rings. The predicted octanol–water partition coefficient (Wildman–Crippen LogP) is 5.32. The highest BCUT2D eigenvalue weighted by molar-refractivity contribution is 6.74. The molecule has 0 amide bonds. The molecule has 0 N–H and O–H groups in total. The van der Waals surface area contributed by atoms with Gasteiger partial charge in [-0.3, -0.25) is 0 Å². The van der Waals surface area contributed by atoms with Gasteiger partial charge in [0.2, 0.25) is 8.32 Å². The van der Waals surface area contributed by atoms with Crippen LogP contribution in [0.25, 0.3) is 0 Å². The van der Waals surface area contributed by atoms with Crippen molar-refractivity contribution in [1.29, 1.82) is 0 Å². The topological polar surface area (TPSA) is 27.7 Å². The van der Waals surface area contributed by atoms with E-state index in [1.165, 1.54) is 5.56 Å². The quantitative estimate of drug-likeness (QED) is 0.543. The van der Waals surface area contributed by atoms with Gasteiger partial charge in [0.1, 0.15) is 18.3 Å². The third-order valence-electron chi connectivity index (χ3n) is 4.34. The Balaban J connectivity index is 2.36. The summed E-state index contributed by atoms with van der Waals surface area (Å²) in [5, 5.41) is 0.133. The Labute approximate surface area is 134 Å². The Hall–Kier alpha value is -1.68. The van der Waals surface area contributed by atoms with E-state index in [4.69, 9.17) is 13.9 Å². The van der Waals surface area contributed by atoms with Gasteiger partial charge in [-0.15, -0.1) is 6.58 Å². The fourth-order valence-electron chi connectivity index (χ4n) is 1.97. The second kappa shape index (κ2) is 6.21. The van der Waals surface area contributed by atoms with Gasteiger partial charge < -0.3 is 13.9 Å². The highest BCUT2D eigenvalue weighted by atomic mass is 28.4. The smallest absolute Gasteiger partial charge is 0.269 e. The standard InChI is InChI=1S/C18H26O3Si/c1-7-8-14-9-10-15(17-19-11-12-20-17)16(13-14)21-22(5,6)18(2,3)4/h7,9-13,17H,1,8H2,2-6H3. The fourth-order valence-corrected chi connectivity index (χ4v) is 3.00. The molecule has 22 heavy (non-hydrogen) atoms. The molecule has 0 atom stereocenters. The molecule has 0 unspecified atom stereocenters. The van der Waals surface area contributed by atoms with Gasteiger partial charge >= 0.3 is 0 Å². The third-order valence-corrected chi connectivity index (χ3v) is 8.69. The summed E-state index contributed by atoms with van der Waals surface area (Å²) < 4.78 is 17.5. The normalized spacial score (nSPS) is 15.3. The molecule has 0 radical (unpaired) electrons. The highest BCUT2D eigenvalue weighted by Gasteiger charge is 2.40. The van der Waals surface area contributed by atoms with Crippen LogP contribution in [-0.4, -0.2) is 8.32 Å². The highest BCUT2D eigenvalue weighted by Crippen LogP contribution is 2.40. The van der Waals surface area contributed by atoms with Crippen LogP contribution in [0.5, 0.6) is 5.75 Å². The van der Waals surface area contributed by atoms with Crippen molar-refractivity contribution in [3.8, 4) is 5.75 Å². The molecule has 0 bridgehead atoms. The average Bonchev–Trinajstić information content (AvgIpc) is 2.91. The van der Waals surface area contributed by atoms with Gasteiger partial charge in [0, 0.05) is 0 Å². The number of ether oxygens (including phenoxy) is 2. The minimum Gasteiger partial charge on any atom is -0.543 e. The van der Waals surface area contributed by atoms with Crippen LogP contribution in [0.4, 0.5) is 0 Å². The molecular weight excluding hydrogens is 292 g/mol. The van der Waals surface area contributed by atoms with Gasteiger partial charge in [0.05, 0.1) is 5.56 Å². The third kappa shape index (κ3) is 3.55. The van der Waals surface area contributed by atoms with E-state index in [9.17, 15) is 0 Å². The number of rotatable bonds is 5. The molecular formula is C18H26O3Si. The van der Waals surface area contributed by atoms with Crippen LogP contribution in [0.15, 0.2) is 43.4 Å². The molecule has 1 heterocycles. The van der Waals surface area contributed by atoms with E-state index >= 15 is 0 Å². The number of hydrogen-bond donors (Lipinski definition) is 0. The largest absolute Gasteiger partial charge is 0.543 e. The maximum atomic E-state index is 6.51. The van der Waals surface area contributed by atoms with Crippen LogP contribution in [0.1, 0.15) is 38.2 Å². The first-order valence-corrected chi connectivity index (χ1v) is 10.5. The minimum absolute atomic E-state index is 0.133. The second-order valence-corrected chi connectivity index (χ2v) is 11.8. The summed E-state index contributed by atoms with van der Waals surface area (Å²) in [7, 11) is -1.93. The molecule has 0 aromatic heterocycles. The Morgan fingerprint density at radius 1 is 1.23 bits per heavy atom. The summed E-state index contributed by atoms with van der Waals surface area (Å²) >= 11 is 0. The van der Waals surface area contributed by atoms with E-state index in [2.05, 4.69) is 52.6 Å². The predicted molar refractivity (Wildman–Crippen MR) is 92.2 cm³/mol. The first kappa shape index (κ1) is 16.7. The zero-order valence-electron chi connectivity index (χ0n) is 14.2. The Kier molecular flexibility index (Phi) is 4.71. The number of hydrogen-bond acceptors (Lipinski definition) is 3. The molecule has 0 fully saturated rings. The van der Waals surface area contributed by atoms with Crippen molar-refractivity contribution in [2.45, 2.75) is 51.6 Å². The summed E-state index contributed by atoms with van der Waals surface area (Å²) in [4.78, 5) is 0. The Bertz CT molecular complexity index is 562. The lowest BCUT2D eigenvalue weighted by molar-refractivity contribution is -0.0256. The van der Waals surface area contributed by atoms with Gasteiger partial charge in [-0.25, -0.2) is 0 Å². The molecule has 1 aliphatic rings. The van der Waals surface area contributed by atoms with Crippen molar-refractivity contribution < 1.29 is 13.9 Å². The van der Waals surface area contributed by atoms with Gasteiger partial charge in [0.15, 0.2) is 0 Å². The monoisotopic (exact) mass is 318 g/mol. The van der Waals surface area contributed by atoms with Gasteiger partial charge in [-0.1, -0.05) is 32.9 Å². The minimum atomic E-state index is -1.93. The SMILES string of the molecule is C=CCc1ccc(C2OC=CO2)c(O[Si](C)(C)C(C)(C)C)c1. The lowest BCUT2D eigenvalue weighted by atomic mass is 10.1. The van der Waals surface area contributed by atoms with E-state index in [1.807, 2.05) is 12.1 Å². The van der Waals surface area contributed by atoms with Gasteiger partial charge in [-0.2, -0.15) is 0 Å². The van der Waals surface area contributed by atoms with Crippen LogP contribution in [0, 0.1) is 0 Å². The molecule has 120 valence electrons. The number of allylic oxidation sites excluding steroid dienone is 1. The average molecular weight is 318 g/mol. The first-order valence-electron chi connectivity index (χ1n) is 7.63. The molecule has 1 aromatic carbocycles. The molecule has 0 spiro atoms. The van der Waals surface area contributed by atoms with Crippen molar-refractivity contribution in [2.24, 2.45) is 0 Å². The second-order valence-electron chi connectivity index (χ2n) is 7.10. The van der Waals surface area contributed by atoms with Gasteiger partial charge in [0.25, 0.3) is 6.29 Å². The number of benzene rings is 1. The first-order chi connectivity index (χ1) is 10.2. The van der Waals surface area contributed by atoms with Crippen LogP contribution in [0.3, 0.4) is 0 Å².